The number of alkyl halides is 1. The standard InChI is InChI=1S/C10H9Cl2NO/c11-7-3-4-10(14,8(12)6-7)9-2-1-5-13-9/h1-6,8,13-14H. The smallest absolute Gasteiger partial charge is 0.142 e. The zero-order valence-corrected chi connectivity index (χ0v) is 8.76. The lowest BCUT2D eigenvalue weighted by atomic mass is 9.91. The minimum Gasteiger partial charge on any atom is -0.378 e. The van der Waals surface area contributed by atoms with Crippen molar-refractivity contribution in [2.45, 2.75) is 11.0 Å². The van der Waals surface area contributed by atoms with Crippen LogP contribution in [0.4, 0.5) is 0 Å². The Bertz CT molecular complexity index is 383. The lowest BCUT2D eigenvalue weighted by molar-refractivity contribution is 0.0909. The van der Waals surface area contributed by atoms with E-state index in [9.17, 15) is 5.11 Å². The Morgan fingerprint density at radius 1 is 1.50 bits per heavy atom. The van der Waals surface area contributed by atoms with Crippen LogP contribution in [0.15, 0.2) is 41.6 Å². The second kappa shape index (κ2) is 3.46. The maximum absolute atomic E-state index is 10.3. The van der Waals surface area contributed by atoms with Crippen molar-refractivity contribution in [1.82, 2.24) is 4.98 Å². The van der Waals surface area contributed by atoms with E-state index in [1.807, 2.05) is 6.07 Å². The number of hydrogen-bond donors (Lipinski definition) is 2. The van der Waals surface area contributed by atoms with Gasteiger partial charge in [-0.15, -0.1) is 11.6 Å². The summed E-state index contributed by atoms with van der Waals surface area (Å²) >= 11 is 11.8. The molecule has 0 amide bonds. The third kappa shape index (κ3) is 1.50. The summed E-state index contributed by atoms with van der Waals surface area (Å²) in [5.41, 5.74) is -0.530. The van der Waals surface area contributed by atoms with E-state index in [0.29, 0.717) is 10.7 Å². The van der Waals surface area contributed by atoms with Crippen molar-refractivity contribution in [3.63, 3.8) is 0 Å². The monoisotopic (exact) mass is 229 g/mol. The highest BCUT2D eigenvalue weighted by molar-refractivity contribution is 6.32. The summed E-state index contributed by atoms with van der Waals surface area (Å²) in [6.45, 7) is 0. The molecule has 4 heteroatoms. The topological polar surface area (TPSA) is 36.0 Å². The third-order valence-electron chi connectivity index (χ3n) is 2.25. The molecule has 0 fully saturated rings. The fourth-order valence-electron chi connectivity index (χ4n) is 1.44. The van der Waals surface area contributed by atoms with Crippen LogP contribution >= 0.6 is 23.2 Å². The average Bonchev–Trinajstić information content (AvgIpc) is 2.65. The number of allylic oxidation sites excluding steroid dienone is 2. The first kappa shape index (κ1) is 9.84. The summed E-state index contributed by atoms with van der Waals surface area (Å²) in [5, 5.41) is 10.3. The van der Waals surface area contributed by atoms with Crippen molar-refractivity contribution in [2.24, 2.45) is 0 Å². The molecule has 2 rings (SSSR count). The molecule has 14 heavy (non-hydrogen) atoms. The molecule has 0 aromatic carbocycles. The number of aromatic nitrogens is 1. The molecule has 74 valence electrons. The average molecular weight is 230 g/mol. The molecule has 2 unspecified atom stereocenters. The van der Waals surface area contributed by atoms with Gasteiger partial charge in [0.15, 0.2) is 0 Å². The van der Waals surface area contributed by atoms with E-state index in [1.165, 1.54) is 0 Å². The van der Waals surface area contributed by atoms with Crippen molar-refractivity contribution < 1.29 is 5.11 Å². The molecule has 2 atom stereocenters. The van der Waals surface area contributed by atoms with Gasteiger partial charge in [-0.25, -0.2) is 0 Å². The van der Waals surface area contributed by atoms with Crippen LogP contribution in [0.2, 0.25) is 0 Å². The number of aromatic amines is 1. The van der Waals surface area contributed by atoms with Gasteiger partial charge < -0.3 is 10.1 Å². The molecule has 2 nitrogen and oxygen atoms in total. The molecular weight excluding hydrogens is 221 g/mol. The lowest BCUT2D eigenvalue weighted by Gasteiger charge is -2.29. The first-order valence-electron chi connectivity index (χ1n) is 4.20. The minimum absolute atomic E-state index is 0.543. The molecule has 1 heterocycles. The third-order valence-corrected chi connectivity index (χ3v) is 2.96. The van der Waals surface area contributed by atoms with Gasteiger partial charge in [0.2, 0.25) is 0 Å². The first-order valence-corrected chi connectivity index (χ1v) is 5.01. The molecule has 1 aliphatic rings. The molecule has 0 saturated carbocycles. The maximum Gasteiger partial charge on any atom is 0.142 e. The Balaban J connectivity index is 2.39. The van der Waals surface area contributed by atoms with Gasteiger partial charge in [0.1, 0.15) is 5.60 Å². The van der Waals surface area contributed by atoms with Gasteiger partial charge in [-0.2, -0.15) is 0 Å². The quantitative estimate of drug-likeness (QED) is 0.714. The van der Waals surface area contributed by atoms with Crippen LogP contribution in [0, 0.1) is 0 Å². The van der Waals surface area contributed by atoms with Crippen LogP contribution in [0.5, 0.6) is 0 Å². The normalized spacial score (nSPS) is 31.6. The van der Waals surface area contributed by atoms with Gasteiger partial charge in [-0.3, -0.25) is 0 Å². The largest absolute Gasteiger partial charge is 0.378 e. The molecular formula is C10H9Cl2NO. The molecule has 1 aromatic rings. The minimum atomic E-state index is -1.19. The van der Waals surface area contributed by atoms with Crippen molar-refractivity contribution >= 4 is 23.2 Å². The van der Waals surface area contributed by atoms with Crippen LogP contribution < -0.4 is 0 Å². The summed E-state index contributed by atoms with van der Waals surface area (Å²) in [4.78, 5) is 2.93. The van der Waals surface area contributed by atoms with E-state index in [-0.39, 0.29) is 0 Å². The van der Waals surface area contributed by atoms with E-state index < -0.39 is 11.0 Å². The lowest BCUT2D eigenvalue weighted by Crippen LogP contribution is -2.34. The van der Waals surface area contributed by atoms with Gasteiger partial charge >= 0.3 is 0 Å². The summed E-state index contributed by atoms with van der Waals surface area (Å²) in [7, 11) is 0. The molecule has 1 aromatic heterocycles. The predicted molar refractivity (Wildman–Crippen MR) is 57.4 cm³/mol. The summed E-state index contributed by atoms with van der Waals surface area (Å²) < 4.78 is 0. The van der Waals surface area contributed by atoms with Gasteiger partial charge in [0.05, 0.1) is 11.1 Å². The van der Waals surface area contributed by atoms with Crippen LogP contribution in [0.25, 0.3) is 0 Å². The maximum atomic E-state index is 10.3. The Hall–Kier alpha value is -0.700. The summed E-state index contributed by atoms with van der Waals surface area (Å²) in [6, 6.07) is 3.59. The van der Waals surface area contributed by atoms with Gasteiger partial charge in [-0.05, 0) is 30.4 Å². The number of rotatable bonds is 1. The van der Waals surface area contributed by atoms with E-state index in [0.717, 1.165) is 0 Å². The molecule has 1 aliphatic carbocycles. The summed E-state index contributed by atoms with van der Waals surface area (Å²) in [6.07, 6.45) is 6.59. The number of H-pyrrole nitrogens is 1. The Labute approximate surface area is 91.8 Å². The SMILES string of the molecule is OC1(c2ccc[nH]2)C=CC(Cl)=CC1Cl. The summed E-state index contributed by atoms with van der Waals surface area (Å²) in [5.74, 6) is 0. The van der Waals surface area contributed by atoms with Crippen molar-refractivity contribution in [3.8, 4) is 0 Å². The fourth-order valence-corrected chi connectivity index (χ4v) is 2.02. The van der Waals surface area contributed by atoms with E-state index in [1.54, 1.807) is 30.5 Å². The van der Waals surface area contributed by atoms with Gasteiger partial charge in [0.25, 0.3) is 0 Å². The Morgan fingerprint density at radius 2 is 2.29 bits per heavy atom. The molecule has 2 N–H and O–H groups in total. The van der Waals surface area contributed by atoms with E-state index >= 15 is 0 Å². The molecule has 0 spiro atoms. The van der Waals surface area contributed by atoms with Gasteiger partial charge in [-0.1, -0.05) is 11.6 Å². The number of hydrogen-bond acceptors (Lipinski definition) is 1. The molecule has 0 bridgehead atoms. The first-order chi connectivity index (χ1) is 6.63. The van der Waals surface area contributed by atoms with Gasteiger partial charge in [0, 0.05) is 11.2 Å². The van der Waals surface area contributed by atoms with E-state index in [4.69, 9.17) is 23.2 Å². The second-order valence-electron chi connectivity index (χ2n) is 3.20. The predicted octanol–water partition coefficient (Wildman–Crippen LogP) is 2.50. The van der Waals surface area contributed by atoms with Crippen molar-refractivity contribution in [1.29, 1.82) is 0 Å². The van der Waals surface area contributed by atoms with Crippen molar-refractivity contribution in [2.75, 3.05) is 0 Å². The fraction of sp³-hybridized carbons (Fsp3) is 0.200. The zero-order valence-electron chi connectivity index (χ0n) is 7.24. The second-order valence-corrected chi connectivity index (χ2v) is 4.10. The Kier molecular flexibility index (Phi) is 2.43. The Morgan fingerprint density at radius 3 is 2.86 bits per heavy atom. The van der Waals surface area contributed by atoms with E-state index in [2.05, 4.69) is 4.98 Å². The van der Waals surface area contributed by atoms with Crippen LogP contribution in [-0.2, 0) is 5.60 Å². The highest BCUT2D eigenvalue weighted by Gasteiger charge is 2.36. The zero-order chi connectivity index (χ0) is 10.2. The van der Waals surface area contributed by atoms with Crippen LogP contribution in [-0.4, -0.2) is 15.5 Å². The highest BCUT2D eigenvalue weighted by atomic mass is 35.5. The number of aliphatic hydroxyl groups is 1. The molecule has 0 aliphatic heterocycles. The van der Waals surface area contributed by atoms with Crippen LogP contribution in [0.1, 0.15) is 5.69 Å². The highest BCUT2D eigenvalue weighted by Crippen LogP contribution is 2.34. The van der Waals surface area contributed by atoms with Crippen LogP contribution in [0.3, 0.4) is 0 Å². The molecule has 0 radical (unpaired) electrons. The number of nitrogens with one attached hydrogen (secondary N) is 1. The van der Waals surface area contributed by atoms with Crippen molar-refractivity contribution in [3.05, 3.63) is 47.3 Å². The number of halogens is 2. The molecule has 0 saturated heterocycles.